The Morgan fingerprint density at radius 3 is 2.00 bits per heavy atom. The number of halogens is 3. The molecule has 0 aromatic heterocycles. The highest BCUT2D eigenvalue weighted by Gasteiger charge is 2.33. The molecule has 1 aromatic rings. The summed E-state index contributed by atoms with van der Waals surface area (Å²) in [5, 5.41) is 0.506. The van der Waals surface area contributed by atoms with Crippen LogP contribution in [-0.4, -0.2) is 11.7 Å². The Kier molecular flexibility index (Phi) is 3.14. The molecular weight excluding hydrogens is 222 g/mol. The van der Waals surface area contributed by atoms with Crippen LogP contribution in [0.15, 0.2) is 12.1 Å². The highest BCUT2D eigenvalue weighted by molar-refractivity contribution is 6.32. The van der Waals surface area contributed by atoms with Gasteiger partial charge in [0.05, 0.1) is 0 Å². The maximum absolute atomic E-state index is 12.8. The summed E-state index contributed by atoms with van der Waals surface area (Å²) in [5.74, 6) is -4.52. The van der Waals surface area contributed by atoms with Gasteiger partial charge in [-0.1, -0.05) is 11.6 Å². The average Bonchev–Trinajstić information content (AvgIpc) is 2.10. The minimum Gasteiger partial charge on any atom is -0.287 e. The van der Waals surface area contributed by atoms with Crippen molar-refractivity contribution in [1.82, 2.24) is 0 Å². The van der Waals surface area contributed by atoms with E-state index < -0.39 is 11.7 Å². The fourth-order valence-electron chi connectivity index (χ4n) is 1.33. The van der Waals surface area contributed by atoms with Crippen molar-refractivity contribution >= 4 is 17.4 Å². The summed E-state index contributed by atoms with van der Waals surface area (Å²) in [7, 11) is 0. The quantitative estimate of drug-likeness (QED) is 0.709. The lowest BCUT2D eigenvalue weighted by atomic mass is 10.0. The lowest BCUT2D eigenvalue weighted by molar-refractivity contribution is 0.0221. The van der Waals surface area contributed by atoms with Gasteiger partial charge in [0.2, 0.25) is 5.78 Å². The number of carbonyl (C=O) groups excluding carboxylic acids is 1. The minimum atomic E-state index is -3.34. The summed E-state index contributed by atoms with van der Waals surface area (Å²) >= 11 is 5.87. The van der Waals surface area contributed by atoms with E-state index >= 15 is 0 Å². The SMILES string of the molecule is Cc1cc(C(=O)C(C)(F)F)cc(C)c1Cl. The first kappa shape index (κ1) is 12.1. The number of aryl methyl sites for hydroxylation is 2. The van der Waals surface area contributed by atoms with Crippen LogP contribution in [0.4, 0.5) is 8.78 Å². The molecule has 15 heavy (non-hydrogen) atoms. The average molecular weight is 233 g/mol. The maximum atomic E-state index is 12.8. The van der Waals surface area contributed by atoms with Crippen molar-refractivity contribution in [2.75, 3.05) is 0 Å². The number of benzene rings is 1. The summed E-state index contributed by atoms with van der Waals surface area (Å²) in [5.41, 5.74) is 1.26. The van der Waals surface area contributed by atoms with Crippen LogP contribution >= 0.6 is 11.6 Å². The topological polar surface area (TPSA) is 17.1 Å². The molecule has 0 amide bonds. The van der Waals surface area contributed by atoms with Gasteiger partial charge in [-0.05, 0) is 37.1 Å². The van der Waals surface area contributed by atoms with Crippen LogP contribution in [-0.2, 0) is 0 Å². The fraction of sp³-hybridized carbons (Fsp3) is 0.364. The largest absolute Gasteiger partial charge is 0.307 e. The van der Waals surface area contributed by atoms with Crippen molar-refractivity contribution < 1.29 is 13.6 Å². The predicted octanol–water partition coefficient (Wildman–Crippen LogP) is 3.79. The van der Waals surface area contributed by atoms with E-state index in [0.29, 0.717) is 23.1 Å². The van der Waals surface area contributed by atoms with Crippen molar-refractivity contribution in [2.24, 2.45) is 0 Å². The Labute approximate surface area is 92.1 Å². The zero-order valence-corrected chi connectivity index (χ0v) is 9.45. The van der Waals surface area contributed by atoms with Crippen molar-refractivity contribution in [3.8, 4) is 0 Å². The number of Topliss-reactive ketones (excluding diaryl/α,β-unsaturated/α-hetero) is 1. The number of ketones is 1. The third kappa shape index (κ3) is 2.53. The van der Waals surface area contributed by atoms with Gasteiger partial charge in [0.1, 0.15) is 0 Å². The molecule has 0 aliphatic rings. The molecule has 0 saturated carbocycles. The second-order valence-electron chi connectivity index (χ2n) is 3.64. The number of rotatable bonds is 2. The lowest BCUT2D eigenvalue weighted by Gasteiger charge is -2.11. The normalized spacial score (nSPS) is 11.6. The molecule has 0 radical (unpaired) electrons. The first-order chi connectivity index (χ1) is 6.73. The van der Waals surface area contributed by atoms with E-state index in [1.54, 1.807) is 13.8 Å². The molecule has 1 aromatic carbocycles. The molecule has 82 valence electrons. The lowest BCUT2D eigenvalue weighted by Crippen LogP contribution is -2.24. The van der Waals surface area contributed by atoms with E-state index in [9.17, 15) is 13.6 Å². The first-order valence-corrected chi connectivity index (χ1v) is 4.80. The maximum Gasteiger partial charge on any atom is 0.307 e. The van der Waals surface area contributed by atoms with Crippen molar-refractivity contribution in [3.63, 3.8) is 0 Å². The van der Waals surface area contributed by atoms with Gasteiger partial charge in [-0.25, -0.2) is 0 Å². The van der Waals surface area contributed by atoms with Gasteiger partial charge in [0.15, 0.2) is 0 Å². The van der Waals surface area contributed by atoms with E-state index in [2.05, 4.69) is 0 Å². The second kappa shape index (κ2) is 3.89. The molecule has 4 heteroatoms. The van der Waals surface area contributed by atoms with Crippen LogP contribution in [0.2, 0.25) is 5.02 Å². The van der Waals surface area contributed by atoms with Crippen LogP contribution in [0.25, 0.3) is 0 Å². The van der Waals surface area contributed by atoms with Crippen molar-refractivity contribution in [1.29, 1.82) is 0 Å². The van der Waals surface area contributed by atoms with Gasteiger partial charge in [-0.2, -0.15) is 8.78 Å². The molecule has 0 heterocycles. The first-order valence-electron chi connectivity index (χ1n) is 4.43. The number of alkyl halides is 2. The molecule has 0 unspecified atom stereocenters. The van der Waals surface area contributed by atoms with Gasteiger partial charge in [0.25, 0.3) is 0 Å². The summed E-state index contributed by atoms with van der Waals surface area (Å²) in [6, 6.07) is 2.77. The molecule has 0 spiro atoms. The summed E-state index contributed by atoms with van der Waals surface area (Å²) in [6.07, 6.45) is 0. The third-order valence-corrected chi connectivity index (χ3v) is 2.69. The van der Waals surface area contributed by atoms with E-state index in [1.165, 1.54) is 12.1 Å². The molecule has 1 nitrogen and oxygen atoms in total. The molecule has 1 rings (SSSR count). The van der Waals surface area contributed by atoms with E-state index in [1.807, 2.05) is 0 Å². The van der Waals surface area contributed by atoms with Crippen LogP contribution < -0.4 is 0 Å². The fourth-order valence-corrected chi connectivity index (χ4v) is 1.44. The molecule has 0 fully saturated rings. The summed E-state index contributed by atoms with van der Waals surface area (Å²) < 4.78 is 25.6. The monoisotopic (exact) mass is 232 g/mol. The molecular formula is C11H11ClF2O. The van der Waals surface area contributed by atoms with Crippen LogP contribution in [0.1, 0.15) is 28.4 Å². The van der Waals surface area contributed by atoms with Gasteiger partial charge in [-0.15, -0.1) is 0 Å². The Morgan fingerprint density at radius 1 is 1.27 bits per heavy atom. The number of hydrogen-bond acceptors (Lipinski definition) is 1. The smallest absolute Gasteiger partial charge is 0.287 e. The number of hydrogen-bond donors (Lipinski definition) is 0. The minimum absolute atomic E-state index is 0.00176. The highest BCUT2D eigenvalue weighted by Crippen LogP contribution is 2.25. The van der Waals surface area contributed by atoms with E-state index in [4.69, 9.17) is 11.6 Å². The van der Waals surface area contributed by atoms with E-state index in [-0.39, 0.29) is 5.56 Å². The predicted molar refractivity (Wildman–Crippen MR) is 55.9 cm³/mol. The Morgan fingerprint density at radius 2 is 1.67 bits per heavy atom. The second-order valence-corrected chi connectivity index (χ2v) is 4.02. The summed E-state index contributed by atoms with van der Waals surface area (Å²) in [6.45, 7) is 3.95. The van der Waals surface area contributed by atoms with Gasteiger partial charge in [0, 0.05) is 17.5 Å². The molecule has 0 N–H and O–H groups in total. The molecule has 0 aliphatic carbocycles. The van der Waals surface area contributed by atoms with Crippen molar-refractivity contribution in [2.45, 2.75) is 26.7 Å². The molecule has 0 atom stereocenters. The Hall–Kier alpha value is -0.960. The zero-order chi connectivity index (χ0) is 11.8. The molecule has 0 saturated heterocycles. The third-order valence-electron chi connectivity index (χ3n) is 2.10. The Balaban J connectivity index is 3.24. The molecule has 0 bridgehead atoms. The van der Waals surface area contributed by atoms with Gasteiger partial charge >= 0.3 is 5.92 Å². The summed E-state index contributed by atoms with van der Waals surface area (Å²) in [4.78, 5) is 11.3. The van der Waals surface area contributed by atoms with Crippen LogP contribution in [0, 0.1) is 13.8 Å². The van der Waals surface area contributed by atoms with E-state index in [0.717, 1.165) is 0 Å². The van der Waals surface area contributed by atoms with Crippen LogP contribution in [0.5, 0.6) is 0 Å². The standard InChI is InChI=1S/C11H11ClF2O/c1-6-4-8(5-7(2)9(6)12)10(15)11(3,13)14/h4-5H,1-3H3. The van der Waals surface area contributed by atoms with Gasteiger partial charge in [-0.3, -0.25) is 4.79 Å². The van der Waals surface area contributed by atoms with Crippen LogP contribution in [0.3, 0.4) is 0 Å². The zero-order valence-electron chi connectivity index (χ0n) is 8.70. The van der Waals surface area contributed by atoms with Crippen molar-refractivity contribution in [3.05, 3.63) is 33.8 Å². The number of carbonyl (C=O) groups is 1. The highest BCUT2D eigenvalue weighted by atomic mass is 35.5. The Bertz CT molecular complexity index is 385. The molecule has 0 aliphatic heterocycles. The van der Waals surface area contributed by atoms with Gasteiger partial charge < -0.3 is 0 Å².